The summed E-state index contributed by atoms with van der Waals surface area (Å²) in [7, 11) is 0. The lowest BCUT2D eigenvalue weighted by Crippen LogP contribution is -2.21. The second kappa shape index (κ2) is 9.63. The summed E-state index contributed by atoms with van der Waals surface area (Å²) in [5, 5.41) is 4.87. The summed E-state index contributed by atoms with van der Waals surface area (Å²) in [6.45, 7) is 4.16. The van der Waals surface area contributed by atoms with Gasteiger partial charge in [-0.3, -0.25) is 14.9 Å². The molecule has 0 saturated heterocycles. The molecular formula is C17H20N2O5S. The van der Waals surface area contributed by atoms with Crippen LogP contribution in [0.25, 0.3) is 0 Å². The van der Waals surface area contributed by atoms with E-state index in [0.29, 0.717) is 17.5 Å². The summed E-state index contributed by atoms with van der Waals surface area (Å²) >= 11 is 1.32. The fourth-order valence-corrected chi connectivity index (χ4v) is 2.54. The summed E-state index contributed by atoms with van der Waals surface area (Å²) in [4.78, 5) is 27.4. The van der Waals surface area contributed by atoms with Gasteiger partial charge in [-0.2, -0.15) is 0 Å². The van der Waals surface area contributed by atoms with Crippen molar-refractivity contribution < 1.29 is 23.8 Å². The molecule has 8 heteroatoms. The molecule has 0 fully saturated rings. The molecule has 25 heavy (non-hydrogen) atoms. The van der Waals surface area contributed by atoms with Gasteiger partial charge in [0.2, 0.25) is 0 Å². The van der Waals surface area contributed by atoms with Crippen molar-refractivity contribution in [1.29, 1.82) is 0 Å². The Morgan fingerprint density at radius 3 is 2.44 bits per heavy atom. The molecule has 0 spiro atoms. The molecule has 2 aromatic rings. The van der Waals surface area contributed by atoms with E-state index < -0.39 is 11.9 Å². The molecule has 7 nitrogen and oxygen atoms in total. The number of anilines is 1. The minimum Gasteiger partial charge on any atom is -0.494 e. The van der Waals surface area contributed by atoms with Gasteiger partial charge in [-0.25, -0.2) is 4.98 Å². The second-order valence-electron chi connectivity index (χ2n) is 5.01. The smallest absolute Gasteiger partial charge is 0.309 e. The van der Waals surface area contributed by atoms with Crippen molar-refractivity contribution in [2.75, 3.05) is 25.1 Å². The van der Waals surface area contributed by atoms with E-state index in [1.807, 2.05) is 19.2 Å². The van der Waals surface area contributed by atoms with Gasteiger partial charge < -0.3 is 14.2 Å². The number of carbonyl (C=O) groups excluding carboxylic acids is 2. The Bertz CT molecular complexity index is 699. The van der Waals surface area contributed by atoms with Gasteiger partial charge in [0.25, 0.3) is 5.91 Å². The third kappa shape index (κ3) is 6.80. The van der Waals surface area contributed by atoms with Gasteiger partial charge in [-0.15, -0.1) is 11.3 Å². The fraction of sp³-hybridized carbons (Fsp3) is 0.353. The number of hydrogen-bond donors (Lipinski definition) is 1. The zero-order valence-corrected chi connectivity index (χ0v) is 14.9. The van der Waals surface area contributed by atoms with Gasteiger partial charge >= 0.3 is 5.97 Å². The van der Waals surface area contributed by atoms with Crippen molar-refractivity contribution >= 4 is 28.3 Å². The lowest BCUT2D eigenvalue weighted by Gasteiger charge is -2.08. The number of ether oxygens (including phenoxy) is 3. The standard InChI is InChI=1S/C17H20N2O5S/c1-3-22-13-4-6-14(7-5-13)23-9-8-16(21)24-10-15(20)19-17-18-12(2)11-25-17/h4-7,11H,3,8-10H2,1-2H3,(H,18,19,20). The van der Waals surface area contributed by atoms with Crippen molar-refractivity contribution in [2.24, 2.45) is 0 Å². The van der Waals surface area contributed by atoms with Gasteiger partial charge in [0.1, 0.15) is 11.5 Å². The molecule has 0 bridgehead atoms. The number of nitrogens with zero attached hydrogens (tertiary/aromatic N) is 1. The van der Waals surface area contributed by atoms with Crippen LogP contribution in [0, 0.1) is 6.92 Å². The number of nitrogens with one attached hydrogen (secondary N) is 1. The molecule has 0 aliphatic carbocycles. The van der Waals surface area contributed by atoms with E-state index >= 15 is 0 Å². The predicted octanol–water partition coefficient (Wildman–Crippen LogP) is 2.80. The molecule has 1 aromatic carbocycles. The highest BCUT2D eigenvalue weighted by Crippen LogP contribution is 2.17. The van der Waals surface area contributed by atoms with Crippen LogP contribution in [0.1, 0.15) is 19.0 Å². The maximum absolute atomic E-state index is 11.6. The lowest BCUT2D eigenvalue weighted by atomic mass is 10.3. The number of hydrogen-bond acceptors (Lipinski definition) is 7. The van der Waals surface area contributed by atoms with Crippen LogP contribution in [-0.2, 0) is 14.3 Å². The third-order valence-corrected chi connectivity index (χ3v) is 3.81. The van der Waals surface area contributed by atoms with Crippen molar-refractivity contribution in [2.45, 2.75) is 20.3 Å². The molecule has 0 atom stereocenters. The van der Waals surface area contributed by atoms with Crippen LogP contribution in [0.15, 0.2) is 29.6 Å². The van der Waals surface area contributed by atoms with E-state index in [0.717, 1.165) is 11.4 Å². The molecule has 0 aliphatic heterocycles. The molecule has 134 valence electrons. The number of carbonyl (C=O) groups is 2. The molecule has 1 heterocycles. The van der Waals surface area contributed by atoms with E-state index in [4.69, 9.17) is 14.2 Å². The van der Waals surface area contributed by atoms with Crippen LogP contribution in [0.3, 0.4) is 0 Å². The van der Waals surface area contributed by atoms with Crippen molar-refractivity contribution in [3.8, 4) is 11.5 Å². The Labute approximate surface area is 149 Å². The van der Waals surface area contributed by atoms with E-state index in [9.17, 15) is 9.59 Å². The Morgan fingerprint density at radius 1 is 1.16 bits per heavy atom. The molecule has 0 radical (unpaired) electrons. The number of aromatic nitrogens is 1. The molecule has 1 amide bonds. The van der Waals surface area contributed by atoms with Crippen LogP contribution in [-0.4, -0.2) is 36.7 Å². The van der Waals surface area contributed by atoms with E-state index in [-0.39, 0.29) is 19.6 Å². The highest BCUT2D eigenvalue weighted by atomic mass is 32.1. The van der Waals surface area contributed by atoms with Crippen LogP contribution in [0.4, 0.5) is 5.13 Å². The average molecular weight is 364 g/mol. The van der Waals surface area contributed by atoms with E-state index in [1.54, 1.807) is 24.3 Å². The SMILES string of the molecule is CCOc1ccc(OCCC(=O)OCC(=O)Nc2nc(C)cs2)cc1. The molecule has 0 unspecified atom stereocenters. The topological polar surface area (TPSA) is 86.8 Å². The van der Waals surface area contributed by atoms with Crippen LogP contribution in [0.2, 0.25) is 0 Å². The number of thiazole rings is 1. The van der Waals surface area contributed by atoms with Crippen LogP contribution < -0.4 is 14.8 Å². The number of rotatable bonds is 9. The minimum absolute atomic E-state index is 0.0524. The first-order valence-corrected chi connectivity index (χ1v) is 8.68. The Morgan fingerprint density at radius 2 is 1.84 bits per heavy atom. The molecular weight excluding hydrogens is 344 g/mol. The second-order valence-corrected chi connectivity index (χ2v) is 5.86. The zero-order valence-electron chi connectivity index (χ0n) is 14.1. The highest BCUT2D eigenvalue weighted by molar-refractivity contribution is 7.13. The monoisotopic (exact) mass is 364 g/mol. The normalized spacial score (nSPS) is 10.2. The first-order chi connectivity index (χ1) is 12.1. The molecule has 2 rings (SSSR count). The number of aryl methyl sites for hydroxylation is 1. The number of amides is 1. The van der Waals surface area contributed by atoms with Gasteiger partial charge in [0, 0.05) is 5.38 Å². The maximum Gasteiger partial charge on any atom is 0.309 e. The molecule has 1 aromatic heterocycles. The van der Waals surface area contributed by atoms with E-state index in [2.05, 4.69) is 10.3 Å². The maximum atomic E-state index is 11.6. The largest absolute Gasteiger partial charge is 0.494 e. The first kappa shape index (κ1) is 18.7. The summed E-state index contributed by atoms with van der Waals surface area (Å²) < 4.78 is 15.7. The summed E-state index contributed by atoms with van der Waals surface area (Å²) in [6.07, 6.45) is 0.0524. The Hall–Kier alpha value is -2.61. The van der Waals surface area contributed by atoms with Gasteiger partial charge in [-0.05, 0) is 38.1 Å². The van der Waals surface area contributed by atoms with Crippen molar-refractivity contribution in [3.63, 3.8) is 0 Å². The third-order valence-electron chi connectivity index (χ3n) is 2.94. The van der Waals surface area contributed by atoms with Crippen LogP contribution >= 0.6 is 11.3 Å². The van der Waals surface area contributed by atoms with Gasteiger partial charge in [0.15, 0.2) is 11.7 Å². The summed E-state index contributed by atoms with van der Waals surface area (Å²) in [6, 6.07) is 7.11. The summed E-state index contributed by atoms with van der Waals surface area (Å²) in [5.74, 6) is 0.468. The number of esters is 1. The minimum atomic E-state index is -0.503. The predicted molar refractivity (Wildman–Crippen MR) is 94.2 cm³/mol. The Kier molecular flexibility index (Phi) is 7.21. The average Bonchev–Trinajstić information content (AvgIpc) is 3.00. The van der Waals surface area contributed by atoms with Gasteiger partial charge in [-0.1, -0.05) is 0 Å². The highest BCUT2D eigenvalue weighted by Gasteiger charge is 2.10. The molecule has 0 saturated carbocycles. The Balaban J connectivity index is 1.62. The van der Waals surface area contributed by atoms with Crippen molar-refractivity contribution in [1.82, 2.24) is 4.98 Å². The number of benzene rings is 1. The molecule has 1 N–H and O–H groups in total. The van der Waals surface area contributed by atoms with Crippen LogP contribution in [0.5, 0.6) is 11.5 Å². The lowest BCUT2D eigenvalue weighted by molar-refractivity contribution is -0.147. The first-order valence-electron chi connectivity index (χ1n) is 7.80. The zero-order chi connectivity index (χ0) is 18.1. The fourth-order valence-electron chi connectivity index (χ4n) is 1.84. The molecule has 0 aliphatic rings. The van der Waals surface area contributed by atoms with Gasteiger partial charge in [0.05, 0.1) is 25.3 Å². The quantitative estimate of drug-likeness (QED) is 0.689. The van der Waals surface area contributed by atoms with Crippen molar-refractivity contribution in [3.05, 3.63) is 35.3 Å². The summed E-state index contributed by atoms with van der Waals surface area (Å²) in [5.41, 5.74) is 0.823. The van der Waals surface area contributed by atoms with E-state index in [1.165, 1.54) is 11.3 Å².